The molecule has 2 N–H and O–H groups in total. The molecular formula is C23H18Cl4N4O. The number of rotatable bonds is 6. The lowest BCUT2D eigenvalue weighted by Crippen LogP contribution is -2.19. The highest BCUT2D eigenvalue weighted by atomic mass is 35.5. The normalized spacial score (nSPS) is 11.9. The molecule has 5 nitrogen and oxygen atoms in total. The lowest BCUT2D eigenvalue weighted by atomic mass is 10.1. The Morgan fingerprint density at radius 1 is 0.750 bits per heavy atom. The molecule has 0 radical (unpaired) electrons. The van der Waals surface area contributed by atoms with Crippen molar-refractivity contribution in [3.05, 3.63) is 97.4 Å². The second kappa shape index (κ2) is 10.8. The molecule has 32 heavy (non-hydrogen) atoms. The molecule has 0 fully saturated rings. The van der Waals surface area contributed by atoms with E-state index in [1.807, 2.05) is 0 Å². The molecule has 0 aliphatic carbocycles. The molecule has 0 atom stereocenters. The molecule has 0 unspecified atom stereocenters. The minimum atomic E-state index is -0.385. The highest BCUT2D eigenvalue weighted by Gasteiger charge is 2.09. The molecule has 0 heterocycles. The molecule has 9 heteroatoms. The zero-order valence-electron chi connectivity index (χ0n) is 17.1. The number of halogens is 4. The molecule has 0 aliphatic rings. The second-order valence-corrected chi connectivity index (χ2v) is 8.46. The quantitative estimate of drug-likeness (QED) is 0.271. The Labute approximate surface area is 206 Å². The van der Waals surface area contributed by atoms with Crippen LogP contribution in [-0.2, 0) is 0 Å². The summed E-state index contributed by atoms with van der Waals surface area (Å²) >= 11 is 24.4. The number of hydrazone groups is 2. The largest absolute Gasteiger partial charge is 0.278 e. The molecule has 0 saturated heterocycles. The number of hydrogen-bond acceptors (Lipinski definition) is 4. The van der Waals surface area contributed by atoms with E-state index in [4.69, 9.17) is 46.4 Å². The number of benzene rings is 3. The van der Waals surface area contributed by atoms with Crippen LogP contribution in [0.1, 0.15) is 35.3 Å². The summed E-state index contributed by atoms with van der Waals surface area (Å²) in [4.78, 5) is 12.6. The number of amides is 1. The van der Waals surface area contributed by atoms with Gasteiger partial charge in [0, 0.05) is 36.8 Å². The molecule has 3 rings (SSSR count). The monoisotopic (exact) mass is 506 g/mol. The van der Waals surface area contributed by atoms with Crippen LogP contribution >= 0.6 is 46.4 Å². The minimum Gasteiger partial charge on any atom is -0.278 e. The zero-order chi connectivity index (χ0) is 23.3. The van der Waals surface area contributed by atoms with Crippen LogP contribution in [0.2, 0.25) is 20.1 Å². The Balaban J connectivity index is 1.72. The van der Waals surface area contributed by atoms with E-state index in [-0.39, 0.29) is 5.91 Å². The first-order valence-electron chi connectivity index (χ1n) is 9.40. The van der Waals surface area contributed by atoms with Crippen molar-refractivity contribution in [2.45, 2.75) is 13.8 Å². The van der Waals surface area contributed by atoms with Crippen LogP contribution < -0.4 is 10.9 Å². The Bertz CT molecular complexity index is 1220. The Hall–Kier alpha value is -2.57. The number of hydrogen-bond donors (Lipinski definition) is 2. The van der Waals surface area contributed by atoms with Gasteiger partial charge in [0.1, 0.15) is 0 Å². The van der Waals surface area contributed by atoms with Crippen molar-refractivity contribution in [2.75, 3.05) is 5.43 Å². The fourth-order valence-electron chi connectivity index (χ4n) is 2.75. The van der Waals surface area contributed by atoms with E-state index in [1.54, 1.807) is 74.5 Å². The third kappa shape index (κ3) is 6.24. The molecule has 0 aliphatic heterocycles. The van der Waals surface area contributed by atoms with Crippen LogP contribution in [-0.4, -0.2) is 17.3 Å². The van der Waals surface area contributed by atoms with E-state index in [9.17, 15) is 4.79 Å². The number of anilines is 1. The fourth-order valence-corrected chi connectivity index (χ4v) is 3.60. The number of carbonyl (C=O) groups excluding carboxylic acids is 1. The van der Waals surface area contributed by atoms with Crippen molar-refractivity contribution in [1.82, 2.24) is 5.43 Å². The minimum absolute atomic E-state index is 0.385. The summed E-state index contributed by atoms with van der Waals surface area (Å²) in [7, 11) is 0. The highest BCUT2D eigenvalue weighted by Crippen LogP contribution is 2.22. The van der Waals surface area contributed by atoms with Gasteiger partial charge in [0.05, 0.1) is 17.1 Å². The van der Waals surface area contributed by atoms with E-state index >= 15 is 0 Å². The SMILES string of the molecule is CC(=NNC(=O)c1cccc(NN=C(C)c2cc(Cl)ccc2Cl)c1)c1cc(Cl)ccc1Cl. The smallest absolute Gasteiger partial charge is 0.271 e. The predicted octanol–water partition coefficient (Wildman–Crippen LogP) is 7.29. The zero-order valence-corrected chi connectivity index (χ0v) is 20.1. The summed E-state index contributed by atoms with van der Waals surface area (Å²) in [5, 5.41) is 10.6. The van der Waals surface area contributed by atoms with E-state index in [2.05, 4.69) is 21.1 Å². The molecule has 0 aromatic heterocycles. The van der Waals surface area contributed by atoms with Crippen molar-refractivity contribution >= 4 is 69.4 Å². The summed E-state index contributed by atoms with van der Waals surface area (Å²) in [6.45, 7) is 3.54. The molecular weight excluding hydrogens is 490 g/mol. The maximum absolute atomic E-state index is 12.6. The molecule has 164 valence electrons. The van der Waals surface area contributed by atoms with Gasteiger partial charge in [-0.3, -0.25) is 10.2 Å². The number of nitrogens with zero attached hydrogens (tertiary/aromatic N) is 2. The molecule has 0 bridgehead atoms. The second-order valence-electron chi connectivity index (χ2n) is 6.78. The standard InChI is InChI=1S/C23H18Cl4N4O/c1-13(19-11-16(24)6-8-21(19)26)28-30-18-5-3-4-15(10-18)23(32)31-29-14(2)20-12-17(25)7-9-22(20)27/h3-12,30H,1-2H3,(H,31,32). The Morgan fingerprint density at radius 3 is 1.91 bits per heavy atom. The van der Waals surface area contributed by atoms with Gasteiger partial charge in [-0.05, 0) is 68.4 Å². The lowest BCUT2D eigenvalue weighted by Gasteiger charge is -2.08. The van der Waals surface area contributed by atoms with Crippen molar-refractivity contribution in [3.8, 4) is 0 Å². The van der Waals surface area contributed by atoms with Gasteiger partial charge >= 0.3 is 0 Å². The van der Waals surface area contributed by atoms with Crippen molar-refractivity contribution < 1.29 is 4.79 Å². The van der Waals surface area contributed by atoms with Crippen LogP contribution in [0.5, 0.6) is 0 Å². The van der Waals surface area contributed by atoms with Crippen molar-refractivity contribution in [3.63, 3.8) is 0 Å². The van der Waals surface area contributed by atoms with Crippen LogP contribution in [0, 0.1) is 0 Å². The van der Waals surface area contributed by atoms with E-state index < -0.39 is 0 Å². The molecule has 3 aromatic carbocycles. The van der Waals surface area contributed by atoms with E-state index in [0.29, 0.717) is 53.9 Å². The van der Waals surface area contributed by atoms with E-state index in [0.717, 1.165) is 0 Å². The summed E-state index contributed by atoms with van der Waals surface area (Å²) < 4.78 is 0. The fraction of sp³-hybridized carbons (Fsp3) is 0.0870. The van der Waals surface area contributed by atoms with Gasteiger partial charge in [-0.15, -0.1) is 0 Å². The first kappa shape index (κ1) is 24.1. The topological polar surface area (TPSA) is 65.8 Å². The number of carbonyl (C=O) groups is 1. The van der Waals surface area contributed by atoms with Crippen LogP contribution in [0.25, 0.3) is 0 Å². The van der Waals surface area contributed by atoms with Gasteiger partial charge in [0.2, 0.25) is 0 Å². The predicted molar refractivity (Wildman–Crippen MR) is 135 cm³/mol. The average molecular weight is 508 g/mol. The van der Waals surface area contributed by atoms with Crippen LogP contribution in [0.3, 0.4) is 0 Å². The highest BCUT2D eigenvalue weighted by molar-refractivity contribution is 6.36. The Morgan fingerprint density at radius 2 is 1.31 bits per heavy atom. The summed E-state index contributed by atoms with van der Waals surface area (Å²) in [6.07, 6.45) is 0. The van der Waals surface area contributed by atoms with Gasteiger partial charge in [-0.25, -0.2) is 5.43 Å². The van der Waals surface area contributed by atoms with Gasteiger partial charge in [0.15, 0.2) is 0 Å². The van der Waals surface area contributed by atoms with Crippen molar-refractivity contribution in [1.29, 1.82) is 0 Å². The number of nitrogens with one attached hydrogen (secondary N) is 2. The maximum Gasteiger partial charge on any atom is 0.271 e. The van der Waals surface area contributed by atoms with Gasteiger partial charge < -0.3 is 0 Å². The summed E-state index contributed by atoms with van der Waals surface area (Å²) in [5.74, 6) is -0.385. The molecule has 3 aromatic rings. The average Bonchev–Trinajstić information content (AvgIpc) is 2.79. The van der Waals surface area contributed by atoms with Crippen LogP contribution in [0.15, 0.2) is 70.9 Å². The molecule has 1 amide bonds. The van der Waals surface area contributed by atoms with Crippen LogP contribution in [0.4, 0.5) is 5.69 Å². The molecule has 0 spiro atoms. The summed E-state index contributed by atoms with van der Waals surface area (Å²) in [5.41, 5.74) is 9.00. The lowest BCUT2D eigenvalue weighted by molar-refractivity contribution is 0.0955. The summed E-state index contributed by atoms with van der Waals surface area (Å²) in [6, 6.07) is 17.0. The third-order valence-corrected chi connectivity index (χ3v) is 5.57. The maximum atomic E-state index is 12.6. The van der Waals surface area contributed by atoms with Gasteiger partial charge in [-0.1, -0.05) is 52.5 Å². The Kier molecular flexibility index (Phi) is 8.15. The van der Waals surface area contributed by atoms with Gasteiger partial charge in [0.25, 0.3) is 5.91 Å². The van der Waals surface area contributed by atoms with E-state index in [1.165, 1.54) is 0 Å². The van der Waals surface area contributed by atoms with Crippen molar-refractivity contribution in [2.24, 2.45) is 10.2 Å². The first-order chi connectivity index (χ1) is 15.2. The molecule has 0 saturated carbocycles. The first-order valence-corrected chi connectivity index (χ1v) is 10.9. The third-order valence-electron chi connectivity index (χ3n) is 4.44. The van der Waals surface area contributed by atoms with Gasteiger partial charge in [-0.2, -0.15) is 10.2 Å².